The summed E-state index contributed by atoms with van der Waals surface area (Å²) in [5.74, 6) is -0.304. The highest BCUT2D eigenvalue weighted by molar-refractivity contribution is 5.66. The van der Waals surface area contributed by atoms with Gasteiger partial charge in [0.15, 0.2) is 5.82 Å². The molecule has 0 fully saturated rings. The number of hydrogen-bond donors (Lipinski definition) is 1. The molecular formula is C11H12N4O2. The average molecular weight is 232 g/mol. The number of tetrazole rings is 1. The van der Waals surface area contributed by atoms with Crippen molar-refractivity contribution in [2.24, 2.45) is 0 Å². The van der Waals surface area contributed by atoms with Gasteiger partial charge in [-0.2, -0.15) is 4.68 Å². The first-order valence-corrected chi connectivity index (χ1v) is 5.23. The van der Waals surface area contributed by atoms with E-state index in [0.29, 0.717) is 12.2 Å². The van der Waals surface area contributed by atoms with Gasteiger partial charge >= 0.3 is 5.97 Å². The number of nitrogens with zero attached hydrogens (tertiary/aromatic N) is 4. The van der Waals surface area contributed by atoms with E-state index in [-0.39, 0.29) is 6.42 Å². The van der Waals surface area contributed by atoms with Crippen molar-refractivity contribution >= 4 is 5.97 Å². The average Bonchev–Trinajstić information content (AvgIpc) is 2.74. The largest absolute Gasteiger partial charge is 0.481 e. The zero-order valence-corrected chi connectivity index (χ0v) is 9.37. The number of rotatable bonds is 4. The Balaban J connectivity index is 2.27. The van der Waals surface area contributed by atoms with Crippen molar-refractivity contribution in [3.8, 4) is 5.69 Å². The number of aryl methyl sites for hydroxylation is 2. The maximum atomic E-state index is 10.5. The van der Waals surface area contributed by atoms with Crippen LogP contribution in [-0.2, 0) is 11.2 Å². The summed E-state index contributed by atoms with van der Waals surface area (Å²) in [7, 11) is 0. The number of hydrogen-bond acceptors (Lipinski definition) is 4. The SMILES string of the molecule is Cc1cccc(-n2nnnc2CCC(=O)O)c1. The number of benzene rings is 1. The Kier molecular flexibility index (Phi) is 3.13. The molecule has 0 radical (unpaired) electrons. The van der Waals surface area contributed by atoms with Crippen LogP contribution in [0.2, 0.25) is 0 Å². The third-order valence-corrected chi connectivity index (χ3v) is 2.34. The van der Waals surface area contributed by atoms with Gasteiger partial charge in [0.2, 0.25) is 0 Å². The number of carboxylic acids is 1. The molecule has 0 aliphatic carbocycles. The molecule has 6 nitrogen and oxygen atoms in total. The molecular weight excluding hydrogens is 220 g/mol. The van der Waals surface area contributed by atoms with Crippen LogP contribution >= 0.6 is 0 Å². The van der Waals surface area contributed by atoms with Gasteiger partial charge in [0.05, 0.1) is 12.1 Å². The minimum absolute atomic E-state index is 0.0200. The van der Waals surface area contributed by atoms with E-state index in [2.05, 4.69) is 15.5 Å². The van der Waals surface area contributed by atoms with Gasteiger partial charge in [-0.3, -0.25) is 4.79 Å². The van der Waals surface area contributed by atoms with Crippen molar-refractivity contribution in [3.63, 3.8) is 0 Å². The molecule has 0 aliphatic heterocycles. The predicted molar refractivity (Wildman–Crippen MR) is 59.8 cm³/mol. The molecule has 1 aromatic carbocycles. The third-order valence-electron chi connectivity index (χ3n) is 2.34. The second-order valence-corrected chi connectivity index (χ2v) is 3.74. The van der Waals surface area contributed by atoms with Gasteiger partial charge in [0.1, 0.15) is 0 Å². The Morgan fingerprint density at radius 3 is 3.00 bits per heavy atom. The molecule has 0 aliphatic rings. The number of carbonyl (C=O) groups is 1. The first kappa shape index (κ1) is 11.3. The Hall–Kier alpha value is -2.24. The monoisotopic (exact) mass is 232 g/mol. The summed E-state index contributed by atoms with van der Waals surface area (Å²) < 4.78 is 1.57. The van der Waals surface area contributed by atoms with Gasteiger partial charge in [0, 0.05) is 6.42 Å². The summed E-state index contributed by atoms with van der Waals surface area (Å²) in [5.41, 5.74) is 1.94. The highest BCUT2D eigenvalue weighted by Crippen LogP contribution is 2.11. The van der Waals surface area contributed by atoms with Crippen molar-refractivity contribution in [1.82, 2.24) is 20.2 Å². The smallest absolute Gasteiger partial charge is 0.303 e. The van der Waals surface area contributed by atoms with Gasteiger partial charge in [-0.1, -0.05) is 12.1 Å². The molecule has 88 valence electrons. The zero-order chi connectivity index (χ0) is 12.3. The summed E-state index contributed by atoms with van der Waals surface area (Å²) >= 11 is 0. The van der Waals surface area contributed by atoms with Crippen molar-refractivity contribution in [2.75, 3.05) is 0 Å². The van der Waals surface area contributed by atoms with Gasteiger partial charge in [-0.05, 0) is 35.0 Å². The topological polar surface area (TPSA) is 80.9 Å². The van der Waals surface area contributed by atoms with Crippen molar-refractivity contribution < 1.29 is 9.90 Å². The van der Waals surface area contributed by atoms with E-state index in [4.69, 9.17) is 5.11 Å². The zero-order valence-electron chi connectivity index (χ0n) is 9.37. The third kappa shape index (κ3) is 2.66. The molecule has 2 rings (SSSR count). The van der Waals surface area contributed by atoms with Crippen molar-refractivity contribution in [2.45, 2.75) is 19.8 Å². The molecule has 0 saturated carbocycles. The Bertz CT molecular complexity index is 536. The van der Waals surface area contributed by atoms with Crippen LogP contribution in [0, 0.1) is 6.92 Å². The molecule has 0 amide bonds. The van der Waals surface area contributed by atoms with Crippen molar-refractivity contribution in [3.05, 3.63) is 35.7 Å². The molecule has 1 N–H and O–H groups in total. The van der Waals surface area contributed by atoms with Crippen LogP contribution in [0.25, 0.3) is 5.69 Å². The van der Waals surface area contributed by atoms with E-state index in [9.17, 15) is 4.79 Å². The van der Waals surface area contributed by atoms with Crippen LogP contribution in [0.5, 0.6) is 0 Å². The van der Waals surface area contributed by atoms with Gasteiger partial charge < -0.3 is 5.11 Å². The van der Waals surface area contributed by atoms with E-state index < -0.39 is 5.97 Å². The standard InChI is InChI=1S/C11H12N4O2/c1-8-3-2-4-9(7-8)15-10(12-13-14-15)5-6-11(16)17/h2-4,7H,5-6H2,1H3,(H,16,17). The van der Waals surface area contributed by atoms with E-state index in [1.165, 1.54) is 0 Å². The van der Waals surface area contributed by atoms with Crippen LogP contribution in [0.4, 0.5) is 0 Å². The van der Waals surface area contributed by atoms with E-state index >= 15 is 0 Å². The van der Waals surface area contributed by atoms with Gasteiger partial charge in [-0.15, -0.1) is 5.10 Å². The molecule has 6 heteroatoms. The van der Waals surface area contributed by atoms with Crippen LogP contribution < -0.4 is 0 Å². The fraction of sp³-hybridized carbons (Fsp3) is 0.273. The number of aliphatic carboxylic acids is 1. The quantitative estimate of drug-likeness (QED) is 0.850. The fourth-order valence-corrected chi connectivity index (χ4v) is 1.54. The number of aromatic nitrogens is 4. The van der Waals surface area contributed by atoms with Crippen molar-refractivity contribution in [1.29, 1.82) is 0 Å². The van der Waals surface area contributed by atoms with Gasteiger partial charge in [-0.25, -0.2) is 0 Å². The molecule has 0 spiro atoms. The van der Waals surface area contributed by atoms with Crippen LogP contribution in [0.1, 0.15) is 17.8 Å². The molecule has 0 saturated heterocycles. The van der Waals surface area contributed by atoms with Gasteiger partial charge in [0.25, 0.3) is 0 Å². The normalized spacial score (nSPS) is 10.4. The molecule has 0 atom stereocenters. The lowest BCUT2D eigenvalue weighted by Gasteiger charge is -2.04. The second kappa shape index (κ2) is 4.73. The second-order valence-electron chi connectivity index (χ2n) is 3.74. The summed E-state index contributed by atoms with van der Waals surface area (Å²) in [6.45, 7) is 1.98. The number of carboxylic acid groups (broad SMARTS) is 1. The Morgan fingerprint density at radius 2 is 2.29 bits per heavy atom. The Labute approximate surface area is 97.9 Å². The molecule has 0 bridgehead atoms. The minimum atomic E-state index is -0.858. The lowest BCUT2D eigenvalue weighted by molar-refractivity contribution is -0.137. The molecule has 17 heavy (non-hydrogen) atoms. The maximum Gasteiger partial charge on any atom is 0.303 e. The summed E-state index contributed by atoms with van der Waals surface area (Å²) in [6.07, 6.45) is 0.336. The lowest BCUT2D eigenvalue weighted by Crippen LogP contribution is -2.06. The van der Waals surface area contributed by atoms with Crippen LogP contribution in [0.15, 0.2) is 24.3 Å². The first-order valence-electron chi connectivity index (χ1n) is 5.23. The lowest BCUT2D eigenvalue weighted by atomic mass is 10.2. The summed E-state index contributed by atoms with van der Waals surface area (Å²) in [4.78, 5) is 10.5. The van der Waals surface area contributed by atoms with E-state index in [1.54, 1.807) is 4.68 Å². The molecule has 2 aromatic rings. The highest BCUT2D eigenvalue weighted by atomic mass is 16.4. The van der Waals surface area contributed by atoms with E-state index in [0.717, 1.165) is 11.3 Å². The summed E-state index contributed by atoms with van der Waals surface area (Å²) in [6, 6.07) is 7.71. The Morgan fingerprint density at radius 1 is 1.47 bits per heavy atom. The minimum Gasteiger partial charge on any atom is -0.481 e. The fourth-order valence-electron chi connectivity index (χ4n) is 1.54. The highest BCUT2D eigenvalue weighted by Gasteiger charge is 2.09. The summed E-state index contributed by atoms with van der Waals surface area (Å²) in [5, 5.41) is 19.9. The molecule has 1 aromatic heterocycles. The van der Waals surface area contributed by atoms with Crippen LogP contribution in [0.3, 0.4) is 0 Å². The first-order chi connectivity index (χ1) is 8.16. The molecule has 0 unspecified atom stereocenters. The van der Waals surface area contributed by atoms with E-state index in [1.807, 2.05) is 31.2 Å². The van der Waals surface area contributed by atoms with Crippen LogP contribution in [-0.4, -0.2) is 31.3 Å². The molecule has 1 heterocycles. The predicted octanol–water partition coefficient (Wildman–Crippen LogP) is 0.988. The maximum absolute atomic E-state index is 10.5.